The van der Waals surface area contributed by atoms with E-state index >= 15 is 0 Å². The molecule has 1 aromatic rings. The molecule has 2 saturated heterocycles. The predicted octanol–water partition coefficient (Wildman–Crippen LogP) is 4.35. The number of amides is 3. The molecular formula is C31H45N3O5. The number of hydrogen-bond donors (Lipinski definition) is 2. The Labute approximate surface area is 232 Å². The summed E-state index contributed by atoms with van der Waals surface area (Å²) in [4.78, 5) is 37.6. The SMILES string of the molecule is CC(C)OC1CCC(C2CNC2)CC1.O=C1CCC(N2Cc3cc(OC4CCCCC4)ccc3C2=O)C(=O)N1. The maximum absolute atomic E-state index is 12.6. The summed E-state index contributed by atoms with van der Waals surface area (Å²) in [5.41, 5.74) is 1.52. The van der Waals surface area contributed by atoms with Gasteiger partial charge in [0.15, 0.2) is 0 Å². The van der Waals surface area contributed by atoms with E-state index in [1.54, 1.807) is 11.0 Å². The van der Waals surface area contributed by atoms with Gasteiger partial charge in [-0.15, -0.1) is 0 Å². The molecule has 5 aliphatic rings. The standard InChI is InChI=1S/C19H22N2O4.C12H23NO/c22-17-9-8-16(18(23)20-17)21-11-12-10-14(6-7-15(12)19(21)24)25-13-4-2-1-3-5-13;1-9(2)14-12-5-3-10(4-6-12)11-7-13-8-11/h6-7,10,13,16H,1-5,8-9,11H2,(H,20,22,23);9-13H,3-8H2,1-2H3. The average molecular weight is 540 g/mol. The lowest BCUT2D eigenvalue weighted by Crippen LogP contribution is -2.52. The van der Waals surface area contributed by atoms with Gasteiger partial charge in [0.1, 0.15) is 11.8 Å². The highest BCUT2D eigenvalue weighted by atomic mass is 16.5. The second kappa shape index (κ2) is 12.8. The number of benzene rings is 1. The molecule has 39 heavy (non-hydrogen) atoms. The summed E-state index contributed by atoms with van der Waals surface area (Å²) >= 11 is 0. The number of hydrogen-bond acceptors (Lipinski definition) is 6. The zero-order valence-corrected chi connectivity index (χ0v) is 23.6. The van der Waals surface area contributed by atoms with Gasteiger partial charge in [0.2, 0.25) is 11.8 Å². The Balaban J connectivity index is 0.000000186. The van der Waals surface area contributed by atoms with Crippen molar-refractivity contribution in [1.29, 1.82) is 0 Å². The van der Waals surface area contributed by atoms with Crippen LogP contribution in [0, 0.1) is 11.8 Å². The van der Waals surface area contributed by atoms with Crippen LogP contribution in [0.4, 0.5) is 0 Å². The van der Waals surface area contributed by atoms with Gasteiger partial charge in [-0.05, 0) is 120 Å². The van der Waals surface area contributed by atoms with Crippen molar-refractivity contribution in [1.82, 2.24) is 15.5 Å². The highest BCUT2D eigenvalue weighted by Gasteiger charge is 2.39. The van der Waals surface area contributed by atoms with E-state index < -0.39 is 6.04 Å². The summed E-state index contributed by atoms with van der Waals surface area (Å²) < 4.78 is 11.9. The zero-order chi connectivity index (χ0) is 27.4. The fourth-order valence-electron chi connectivity index (χ4n) is 6.72. The van der Waals surface area contributed by atoms with Gasteiger partial charge in [-0.25, -0.2) is 0 Å². The molecule has 2 aliphatic carbocycles. The fraction of sp³-hybridized carbons (Fsp3) is 0.710. The first-order valence-corrected chi connectivity index (χ1v) is 15.2. The lowest BCUT2D eigenvalue weighted by Gasteiger charge is -2.39. The lowest BCUT2D eigenvalue weighted by atomic mass is 9.76. The Kier molecular flexibility index (Phi) is 9.23. The molecule has 1 aromatic carbocycles. The summed E-state index contributed by atoms with van der Waals surface area (Å²) in [7, 11) is 0. The molecule has 8 nitrogen and oxygen atoms in total. The van der Waals surface area contributed by atoms with Gasteiger partial charge in [-0.1, -0.05) is 6.42 Å². The van der Waals surface area contributed by atoms with Crippen LogP contribution in [0.2, 0.25) is 0 Å². The number of carbonyl (C=O) groups excluding carboxylic acids is 3. The smallest absolute Gasteiger partial charge is 0.255 e. The second-order valence-electron chi connectivity index (χ2n) is 12.2. The average Bonchev–Trinajstić information content (AvgIpc) is 3.20. The third-order valence-electron chi connectivity index (χ3n) is 9.01. The topological polar surface area (TPSA) is 97.0 Å². The van der Waals surface area contributed by atoms with E-state index in [4.69, 9.17) is 9.47 Å². The van der Waals surface area contributed by atoms with Crippen molar-refractivity contribution in [3.05, 3.63) is 29.3 Å². The van der Waals surface area contributed by atoms with Crippen LogP contribution in [-0.4, -0.2) is 60.1 Å². The summed E-state index contributed by atoms with van der Waals surface area (Å²) in [6, 6.07) is 5.00. The monoisotopic (exact) mass is 539 g/mol. The van der Waals surface area contributed by atoms with Gasteiger partial charge >= 0.3 is 0 Å². The van der Waals surface area contributed by atoms with Crippen molar-refractivity contribution >= 4 is 17.7 Å². The predicted molar refractivity (Wildman–Crippen MR) is 148 cm³/mol. The molecular weight excluding hydrogens is 494 g/mol. The van der Waals surface area contributed by atoms with Gasteiger partial charge in [-0.2, -0.15) is 0 Å². The van der Waals surface area contributed by atoms with E-state index in [1.807, 2.05) is 12.1 Å². The van der Waals surface area contributed by atoms with E-state index in [1.165, 1.54) is 58.0 Å². The van der Waals surface area contributed by atoms with Crippen molar-refractivity contribution in [2.75, 3.05) is 13.1 Å². The van der Waals surface area contributed by atoms with Crippen molar-refractivity contribution in [3.63, 3.8) is 0 Å². The van der Waals surface area contributed by atoms with Crippen LogP contribution in [0.25, 0.3) is 0 Å². The maximum atomic E-state index is 12.6. The number of fused-ring (bicyclic) bond motifs is 1. The third kappa shape index (κ3) is 7.01. The van der Waals surface area contributed by atoms with Crippen molar-refractivity contribution in [3.8, 4) is 5.75 Å². The lowest BCUT2D eigenvalue weighted by molar-refractivity contribution is -0.136. The summed E-state index contributed by atoms with van der Waals surface area (Å²) in [6.07, 6.45) is 13.1. The Morgan fingerprint density at radius 1 is 0.872 bits per heavy atom. The number of nitrogens with zero attached hydrogens (tertiary/aromatic N) is 1. The molecule has 0 spiro atoms. The molecule has 2 N–H and O–H groups in total. The van der Waals surface area contributed by atoms with Crippen LogP contribution >= 0.6 is 0 Å². The summed E-state index contributed by atoms with van der Waals surface area (Å²) in [5.74, 6) is 1.97. The summed E-state index contributed by atoms with van der Waals surface area (Å²) in [6.45, 7) is 7.20. The molecule has 1 unspecified atom stereocenters. The van der Waals surface area contributed by atoms with E-state index in [0.29, 0.717) is 30.7 Å². The largest absolute Gasteiger partial charge is 0.490 e. The van der Waals surface area contributed by atoms with Crippen molar-refractivity contribution in [2.24, 2.45) is 11.8 Å². The Hall–Kier alpha value is -2.45. The van der Waals surface area contributed by atoms with Crippen molar-refractivity contribution in [2.45, 2.75) is 115 Å². The second-order valence-corrected chi connectivity index (χ2v) is 12.2. The van der Waals surface area contributed by atoms with Gasteiger partial charge in [0.05, 0.1) is 18.3 Å². The number of imide groups is 1. The molecule has 214 valence electrons. The minimum absolute atomic E-state index is 0.145. The normalized spacial score (nSPS) is 27.9. The van der Waals surface area contributed by atoms with Crippen LogP contribution in [0.3, 0.4) is 0 Å². The van der Waals surface area contributed by atoms with Crippen molar-refractivity contribution < 1.29 is 23.9 Å². The molecule has 0 bridgehead atoms. The summed E-state index contributed by atoms with van der Waals surface area (Å²) in [5, 5.41) is 5.69. The minimum Gasteiger partial charge on any atom is -0.490 e. The molecule has 6 rings (SSSR count). The molecule has 4 fully saturated rings. The number of piperidine rings is 1. The van der Waals surface area contributed by atoms with Crippen LogP contribution < -0.4 is 15.4 Å². The van der Waals surface area contributed by atoms with E-state index in [9.17, 15) is 14.4 Å². The third-order valence-corrected chi connectivity index (χ3v) is 9.01. The maximum Gasteiger partial charge on any atom is 0.255 e. The first-order valence-electron chi connectivity index (χ1n) is 15.2. The molecule has 2 saturated carbocycles. The first-order chi connectivity index (χ1) is 18.9. The molecule has 3 amide bonds. The van der Waals surface area contributed by atoms with E-state index in [2.05, 4.69) is 24.5 Å². The van der Waals surface area contributed by atoms with Crippen LogP contribution in [0.1, 0.15) is 100 Å². The molecule has 1 atom stereocenters. The van der Waals surface area contributed by atoms with Gasteiger partial charge in [-0.3, -0.25) is 19.7 Å². The van der Waals surface area contributed by atoms with Crippen LogP contribution in [-0.2, 0) is 20.9 Å². The number of carbonyl (C=O) groups is 3. The highest BCUT2D eigenvalue weighted by Crippen LogP contribution is 2.34. The number of ether oxygens (including phenoxy) is 2. The number of rotatable bonds is 6. The minimum atomic E-state index is -0.569. The first kappa shape index (κ1) is 28.1. The molecule has 0 radical (unpaired) electrons. The Morgan fingerprint density at radius 2 is 1.62 bits per heavy atom. The van der Waals surface area contributed by atoms with Crippen LogP contribution in [0.5, 0.6) is 5.75 Å². The molecule has 3 heterocycles. The molecule has 8 heteroatoms. The number of nitrogens with one attached hydrogen (secondary N) is 2. The zero-order valence-electron chi connectivity index (χ0n) is 23.6. The molecule has 0 aromatic heterocycles. The van der Waals surface area contributed by atoms with Crippen LogP contribution in [0.15, 0.2) is 18.2 Å². The Bertz CT molecular complexity index is 1030. The van der Waals surface area contributed by atoms with Gasteiger partial charge in [0, 0.05) is 18.5 Å². The van der Waals surface area contributed by atoms with E-state index in [-0.39, 0.29) is 30.2 Å². The van der Waals surface area contributed by atoms with Gasteiger partial charge in [0.25, 0.3) is 5.91 Å². The molecule has 3 aliphatic heterocycles. The van der Waals surface area contributed by atoms with E-state index in [0.717, 1.165) is 36.0 Å². The Morgan fingerprint density at radius 3 is 2.26 bits per heavy atom. The van der Waals surface area contributed by atoms with Gasteiger partial charge < -0.3 is 19.7 Å². The fourth-order valence-corrected chi connectivity index (χ4v) is 6.72. The quantitative estimate of drug-likeness (QED) is 0.522. The highest BCUT2D eigenvalue weighted by molar-refractivity contribution is 6.05.